The molecule has 0 radical (unpaired) electrons. The highest BCUT2D eigenvalue weighted by Gasteiger charge is 2.61. The molecule has 1 saturated heterocycles. The number of benzene rings is 1. The predicted octanol–water partition coefficient (Wildman–Crippen LogP) is 6.52. The van der Waals surface area contributed by atoms with Crippen molar-refractivity contribution in [2.75, 3.05) is 12.4 Å². The molecule has 196 valence electrons. The first-order chi connectivity index (χ1) is 16.8. The molecule has 1 aliphatic heterocycles. The van der Waals surface area contributed by atoms with Crippen molar-refractivity contribution in [2.45, 2.75) is 72.1 Å². The zero-order valence-corrected chi connectivity index (χ0v) is 21.4. The van der Waals surface area contributed by atoms with E-state index in [1.54, 1.807) is 6.07 Å². The lowest BCUT2D eigenvalue weighted by Crippen LogP contribution is -2.54. The van der Waals surface area contributed by atoms with Crippen LogP contribution in [-0.4, -0.2) is 30.1 Å². The Kier molecular flexibility index (Phi) is 5.95. The first-order valence-corrected chi connectivity index (χ1v) is 13.0. The van der Waals surface area contributed by atoms with E-state index in [9.17, 15) is 22.8 Å². The molecule has 0 aromatic heterocycles. The molecule has 2 saturated carbocycles. The van der Waals surface area contributed by atoms with E-state index in [0.29, 0.717) is 24.2 Å². The Labute approximate surface area is 210 Å². The third-order valence-electron chi connectivity index (χ3n) is 10.00. The minimum Gasteiger partial charge on any atom is -0.404 e. The molecule has 1 aromatic carbocycles. The molecule has 36 heavy (non-hydrogen) atoms. The van der Waals surface area contributed by atoms with Crippen molar-refractivity contribution in [3.05, 3.63) is 35.5 Å². The van der Waals surface area contributed by atoms with Crippen LogP contribution >= 0.6 is 0 Å². The van der Waals surface area contributed by atoms with Crippen molar-refractivity contribution in [2.24, 2.45) is 34.5 Å². The van der Waals surface area contributed by atoms with Crippen LogP contribution in [0.15, 0.2) is 35.5 Å². The van der Waals surface area contributed by atoms with Crippen LogP contribution in [0.4, 0.5) is 18.9 Å². The average molecular weight is 505 g/mol. The molecular formula is C28H35F3N2O3. The number of carbonyl (C=O) groups excluding carboxylic acids is 2. The molecule has 0 bridgehead atoms. The van der Waals surface area contributed by atoms with E-state index in [1.165, 1.54) is 29.5 Å². The second-order valence-electron chi connectivity index (χ2n) is 11.8. The lowest BCUT2D eigenvalue weighted by Gasteiger charge is -2.59. The molecule has 3 fully saturated rings. The fourth-order valence-corrected chi connectivity index (χ4v) is 8.54. The summed E-state index contributed by atoms with van der Waals surface area (Å²) in [6.45, 7) is 6.68. The molecule has 6 atom stereocenters. The second-order valence-corrected chi connectivity index (χ2v) is 11.8. The van der Waals surface area contributed by atoms with Gasteiger partial charge in [0.2, 0.25) is 11.8 Å². The number of ether oxygens (including phenoxy) is 1. The van der Waals surface area contributed by atoms with E-state index in [-0.39, 0.29) is 34.2 Å². The van der Waals surface area contributed by atoms with Gasteiger partial charge in [-0.2, -0.15) is 0 Å². The Morgan fingerprint density at radius 2 is 1.83 bits per heavy atom. The van der Waals surface area contributed by atoms with Crippen molar-refractivity contribution in [1.29, 1.82) is 0 Å². The Morgan fingerprint density at radius 1 is 1.11 bits per heavy atom. The highest BCUT2D eigenvalue weighted by atomic mass is 19.4. The summed E-state index contributed by atoms with van der Waals surface area (Å²) >= 11 is 0. The van der Waals surface area contributed by atoms with Crippen molar-refractivity contribution in [1.82, 2.24) is 4.90 Å². The SMILES string of the molecule is CC1=C2N(C)C(=O)CC[C@]2(C)[C@H]2CC[C@]3(C)[C@@H](C(=O)Nc4ccccc4OC(F)(F)F)CC[C@H]3[C@@H]2C1. The van der Waals surface area contributed by atoms with Crippen LogP contribution in [0, 0.1) is 34.5 Å². The van der Waals surface area contributed by atoms with E-state index in [4.69, 9.17) is 0 Å². The Balaban J connectivity index is 1.39. The van der Waals surface area contributed by atoms with Crippen LogP contribution in [0.25, 0.3) is 0 Å². The van der Waals surface area contributed by atoms with Gasteiger partial charge in [0.1, 0.15) is 0 Å². The monoisotopic (exact) mass is 504 g/mol. The normalized spacial score (nSPS) is 36.2. The van der Waals surface area contributed by atoms with Crippen LogP contribution in [0.5, 0.6) is 5.75 Å². The quantitative estimate of drug-likeness (QED) is 0.510. The van der Waals surface area contributed by atoms with Gasteiger partial charge in [0.25, 0.3) is 0 Å². The summed E-state index contributed by atoms with van der Waals surface area (Å²) in [7, 11) is 1.90. The van der Waals surface area contributed by atoms with Crippen LogP contribution in [0.1, 0.15) is 65.7 Å². The zero-order chi connectivity index (χ0) is 26.0. The molecule has 2 amide bonds. The van der Waals surface area contributed by atoms with Gasteiger partial charge in [-0.1, -0.05) is 31.6 Å². The maximum atomic E-state index is 13.5. The summed E-state index contributed by atoms with van der Waals surface area (Å²) in [6, 6.07) is 5.71. The maximum Gasteiger partial charge on any atom is 0.573 e. The fraction of sp³-hybridized carbons (Fsp3) is 0.643. The molecular weight excluding hydrogens is 469 g/mol. The van der Waals surface area contributed by atoms with E-state index < -0.39 is 12.1 Å². The van der Waals surface area contributed by atoms with Gasteiger partial charge >= 0.3 is 6.36 Å². The number of nitrogens with zero attached hydrogens (tertiary/aromatic N) is 1. The summed E-state index contributed by atoms with van der Waals surface area (Å²) in [5, 5.41) is 2.76. The average Bonchev–Trinajstić information content (AvgIpc) is 3.14. The molecule has 4 aliphatic rings. The Morgan fingerprint density at radius 3 is 2.56 bits per heavy atom. The highest BCUT2D eigenvalue weighted by molar-refractivity contribution is 5.94. The lowest BCUT2D eigenvalue weighted by molar-refractivity contribution is -0.274. The summed E-state index contributed by atoms with van der Waals surface area (Å²) < 4.78 is 42.7. The number of hydrogen-bond acceptors (Lipinski definition) is 3. The van der Waals surface area contributed by atoms with Crippen LogP contribution in [0.2, 0.25) is 0 Å². The fourth-order valence-electron chi connectivity index (χ4n) is 8.54. The van der Waals surface area contributed by atoms with Crippen molar-refractivity contribution >= 4 is 17.5 Å². The predicted molar refractivity (Wildman–Crippen MR) is 130 cm³/mol. The van der Waals surface area contributed by atoms with Crippen LogP contribution in [-0.2, 0) is 9.59 Å². The number of amides is 2. The highest BCUT2D eigenvalue weighted by Crippen LogP contribution is 2.67. The number of anilines is 1. The van der Waals surface area contributed by atoms with Crippen LogP contribution in [0.3, 0.4) is 0 Å². The zero-order valence-electron chi connectivity index (χ0n) is 21.4. The van der Waals surface area contributed by atoms with E-state index in [0.717, 1.165) is 38.5 Å². The molecule has 5 nitrogen and oxygen atoms in total. The summed E-state index contributed by atoms with van der Waals surface area (Å²) in [6.07, 6.45) is 1.09. The number of piperidine rings is 1. The number of alkyl halides is 3. The molecule has 5 rings (SSSR count). The number of likely N-dealkylation sites (tertiary alicyclic amines) is 1. The molecule has 1 aromatic rings. The second kappa shape index (κ2) is 8.52. The Hall–Kier alpha value is -2.51. The standard InChI is InChI=1S/C28H35F3N2O3/c1-16-15-17-18-9-10-20(25(35)32-21-7-5-6-8-22(21)36-28(29,30)31)26(18,2)13-11-19(17)27(3)14-12-23(34)33(4)24(16)27/h5-8,17-20H,9-15H2,1-4H3,(H,32,35)/t17-,18-,19-,20+,26-,27+/m0/s1. The maximum absolute atomic E-state index is 13.5. The summed E-state index contributed by atoms with van der Waals surface area (Å²) in [5.41, 5.74) is 2.28. The van der Waals surface area contributed by atoms with Crippen LogP contribution < -0.4 is 10.1 Å². The molecule has 3 aliphatic carbocycles. The first-order valence-electron chi connectivity index (χ1n) is 13.0. The lowest BCUT2D eigenvalue weighted by atomic mass is 9.48. The van der Waals surface area contributed by atoms with E-state index >= 15 is 0 Å². The number of hydrogen-bond donors (Lipinski definition) is 1. The third kappa shape index (κ3) is 3.91. The molecule has 8 heteroatoms. The van der Waals surface area contributed by atoms with E-state index in [2.05, 4.69) is 30.8 Å². The van der Waals surface area contributed by atoms with Gasteiger partial charge in [-0.15, -0.1) is 13.2 Å². The molecule has 0 unspecified atom stereocenters. The third-order valence-corrected chi connectivity index (χ3v) is 10.00. The number of allylic oxidation sites excluding steroid dienone is 2. The van der Waals surface area contributed by atoms with Crippen molar-refractivity contribution in [3.63, 3.8) is 0 Å². The number of halogens is 3. The van der Waals surface area contributed by atoms with Crippen molar-refractivity contribution < 1.29 is 27.5 Å². The van der Waals surface area contributed by atoms with Gasteiger partial charge in [-0.25, -0.2) is 0 Å². The van der Waals surface area contributed by atoms with E-state index in [1.807, 2.05) is 11.9 Å². The summed E-state index contributed by atoms with van der Waals surface area (Å²) in [4.78, 5) is 27.8. The number of carbonyl (C=O) groups is 2. The minimum atomic E-state index is -4.83. The molecule has 1 heterocycles. The number of fused-ring (bicyclic) bond motifs is 5. The van der Waals surface area contributed by atoms with Gasteiger partial charge < -0.3 is 15.0 Å². The minimum absolute atomic E-state index is 0.0365. The van der Waals surface area contributed by atoms with Gasteiger partial charge in [0.15, 0.2) is 5.75 Å². The Bertz CT molecular complexity index is 1120. The topological polar surface area (TPSA) is 58.6 Å². The summed E-state index contributed by atoms with van der Waals surface area (Å²) in [5.74, 6) is 0.570. The number of nitrogens with one attached hydrogen (secondary N) is 1. The van der Waals surface area contributed by atoms with Gasteiger partial charge in [-0.3, -0.25) is 9.59 Å². The first kappa shape index (κ1) is 25.2. The molecule has 1 N–H and O–H groups in total. The van der Waals surface area contributed by atoms with Gasteiger partial charge in [0, 0.05) is 30.5 Å². The number of rotatable bonds is 3. The molecule has 0 spiro atoms. The van der Waals surface area contributed by atoms with Crippen molar-refractivity contribution in [3.8, 4) is 5.75 Å². The largest absolute Gasteiger partial charge is 0.573 e. The smallest absolute Gasteiger partial charge is 0.404 e. The van der Waals surface area contributed by atoms with Gasteiger partial charge in [0.05, 0.1) is 5.69 Å². The number of para-hydroxylation sites is 2. The van der Waals surface area contributed by atoms with Gasteiger partial charge in [-0.05, 0) is 80.8 Å².